The monoisotopic (exact) mass is 1620 g/mol. The van der Waals surface area contributed by atoms with Crippen LogP contribution >= 0.6 is 0 Å². The number of anilines is 9. The van der Waals surface area contributed by atoms with Crippen molar-refractivity contribution in [2.45, 2.75) is 116 Å². The van der Waals surface area contributed by atoms with Crippen LogP contribution in [0.1, 0.15) is 150 Å². The summed E-state index contributed by atoms with van der Waals surface area (Å²) in [5.74, 6) is 1.70. The smallest absolute Gasteiger partial charge is 0.256 e. The second-order valence-electron chi connectivity index (χ2n) is 40.2. The standard InChI is InChI=1S/C120H97B2N3O/c1-115(2,3)79-43-34-44-83(68-79)123-104-73-105-101(72-100(104)121-98-57-30-32-59-103(98)124(84-69-81(117(7,8)9)67-82(70-84)118(10,11)12)107-64-75(63-106(123)113(107)121)85-49-35-52-92-90-48-25-29-56-97(90)120(112(85)92)95-54-27-22-45-87(95)88-46-23-28-55-96(88)120)122-99-58-31-33-60-109(99)126-110-66-76(65-108(114(110)122)125(105)102-62-61-80(116(4,5)6)71-93(102)74-37-16-13-17-38-74)86-50-36-51-91-89-47-24-26-53-94(89)119(111(86)91,77-39-18-14-19-40-77)78-41-20-15-21-42-78/h13-73H,1-12H3. The fourth-order valence-electron chi connectivity index (χ4n) is 23.2. The van der Waals surface area contributed by atoms with Gasteiger partial charge in [0.25, 0.3) is 13.4 Å². The van der Waals surface area contributed by atoms with Gasteiger partial charge in [0, 0.05) is 51.1 Å². The zero-order valence-electron chi connectivity index (χ0n) is 73.6. The van der Waals surface area contributed by atoms with Gasteiger partial charge in [-0.05, 0) is 261 Å². The summed E-state index contributed by atoms with van der Waals surface area (Å²) in [5.41, 5.74) is 45.1. The van der Waals surface area contributed by atoms with Crippen molar-refractivity contribution in [3.8, 4) is 78.3 Å². The highest BCUT2D eigenvalue weighted by Crippen LogP contribution is 2.66. The molecule has 0 fully saturated rings. The molecule has 24 rings (SSSR count). The molecule has 126 heavy (non-hydrogen) atoms. The van der Waals surface area contributed by atoms with Gasteiger partial charge in [-0.25, -0.2) is 0 Å². The Labute approximate surface area is 742 Å². The van der Waals surface area contributed by atoms with E-state index in [4.69, 9.17) is 4.74 Å². The van der Waals surface area contributed by atoms with Crippen molar-refractivity contribution < 1.29 is 4.74 Å². The quantitative estimate of drug-likeness (QED) is 0.141. The number of nitrogens with zero attached hydrogens (tertiary/aromatic N) is 3. The number of benzene rings is 17. The molecule has 17 aromatic rings. The Balaban J connectivity index is 0.841. The fourth-order valence-corrected chi connectivity index (χ4v) is 23.2. The first-order chi connectivity index (χ1) is 61.0. The van der Waals surface area contributed by atoms with Gasteiger partial charge in [0.1, 0.15) is 11.5 Å². The Morgan fingerprint density at radius 3 is 1.20 bits per heavy atom. The van der Waals surface area contributed by atoms with Crippen LogP contribution in [0.2, 0.25) is 0 Å². The number of fused-ring (bicyclic) bond motifs is 21. The SMILES string of the molecule is CC(C)(C)c1cccc(N2c3cc4c(cc3B3c5ccccc5N(c5cc(C(C)(C)C)cc(C(C)(C)C)c5)c5cc(-c6cccc7c6C6(c8ccccc8-c8ccccc86)c6ccccc6-7)cc2c53)B2c3ccccc3Oc3cc(-c5cccc6c5C(c5ccccc5)(c5ccccc5)c5ccccc5-6)cc(c32)N4c2ccc(C(C)(C)C)cc2-c2ccccc2)c1. The minimum atomic E-state index is -0.701. The molecule has 0 radical (unpaired) electrons. The van der Waals surface area contributed by atoms with Crippen molar-refractivity contribution in [1.82, 2.24) is 0 Å². The zero-order chi connectivity index (χ0) is 85.4. The molecule has 6 heteroatoms. The molecular weight excluding hydrogens is 1520 g/mol. The van der Waals surface area contributed by atoms with E-state index < -0.39 is 10.8 Å². The lowest BCUT2D eigenvalue weighted by molar-refractivity contribution is 0.487. The van der Waals surface area contributed by atoms with Gasteiger partial charge in [-0.15, -0.1) is 0 Å². The molecule has 3 aliphatic carbocycles. The fraction of sp³-hybridized carbons (Fsp3) is 0.150. The molecule has 4 heterocycles. The minimum Gasteiger partial charge on any atom is -0.458 e. The van der Waals surface area contributed by atoms with Crippen LogP contribution in [0, 0.1) is 0 Å². The van der Waals surface area contributed by atoms with Crippen molar-refractivity contribution >= 4 is 97.4 Å². The molecule has 1 spiro atoms. The van der Waals surface area contributed by atoms with Gasteiger partial charge < -0.3 is 19.4 Å². The van der Waals surface area contributed by atoms with Crippen molar-refractivity contribution in [3.05, 3.63) is 437 Å². The second-order valence-corrected chi connectivity index (χ2v) is 40.2. The molecule has 0 saturated carbocycles. The summed E-state index contributed by atoms with van der Waals surface area (Å²) >= 11 is 0. The molecule has 4 nitrogen and oxygen atoms in total. The van der Waals surface area contributed by atoms with E-state index in [0.717, 1.165) is 95.7 Å². The third-order valence-electron chi connectivity index (χ3n) is 29.0. The van der Waals surface area contributed by atoms with Crippen LogP contribution in [-0.2, 0) is 32.5 Å². The number of rotatable bonds is 8. The highest BCUT2D eigenvalue weighted by molar-refractivity contribution is 7.02. The molecule has 0 N–H and O–H groups in total. The molecule has 17 aromatic carbocycles. The summed E-state index contributed by atoms with van der Waals surface area (Å²) < 4.78 is 7.78. The van der Waals surface area contributed by atoms with E-state index in [1.807, 2.05) is 0 Å². The van der Waals surface area contributed by atoms with Crippen LogP contribution < -0.4 is 52.2 Å². The van der Waals surface area contributed by atoms with Crippen molar-refractivity contribution in [3.63, 3.8) is 0 Å². The van der Waals surface area contributed by atoms with Crippen LogP contribution in [0.25, 0.3) is 66.8 Å². The number of hydrogen-bond donors (Lipinski definition) is 0. The third-order valence-corrected chi connectivity index (χ3v) is 29.0. The van der Waals surface area contributed by atoms with E-state index >= 15 is 0 Å². The van der Waals surface area contributed by atoms with Crippen molar-refractivity contribution in [2.75, 3.05) is 14.7 Å². The first-order valence-corrected chi connectivity index (χ1v) is 45.1. The largest absolute Gasteiger partial charge is 0.458 e. The maximum absolute atomic E-state index is 7.78. The molecule has 0 unspecified atom stereocenters. The number of hydrogen-bond acceptors (Lipinski definition) is 4. The maximum atomic E-state index is 7.78. The molecule has 0 bridgehead atoms. The summed E-state index contributed by atoms with van der Waals surface area (Å²) in [4.78, 5) is 8.10. The topological polar surface area (TPSA) is 19.0 Å². The van der Waals surface area contributed by atoms with Gasteiger partial charge >= 0.3 is 0 Å². The van der Waals surface area contributed by atoms with E-state index in [0.29, 0.717) is 0 Å². The minimum absolute atomic E-state index is 0.179. The Morgan fingerprint density at radius 1 is 0.222 bits per heavy atom. The lowest BCUT2D eigenvalue weighted by Crippen LogP contribution is -2.64. The summed E-state index contributed by atoms with van der Waals surface area (Å²) in [6.45, 7) is 27.9. The molecule has 4 aliphatic heterocycles. The van der Waals surface area contributed by atoms with Gasteiger partial charge in [0.05, 0.1) is 16.5 Å². The second kappa shape index (κ2) is 27.3. The lowest BCUT2D eigenvalue weighted by atomic mass is 9.30. The summed E-state index contributed by atoms with van der Waals surface area (Å²) in [7, 11) is 0. The summed E-state index contributed by atoms with van der Waals surface area (Å²) in [6.07, 6.45) is 0. The number of para-hydroxylation sites is 2. The average Bonchev–Trinajstić information content (AvgIpc) is 1.63. The molecule has 0 atom stereocenters. The molecule has 0 amide bonds. The van der Waals surface area contributed by atoms with Gasteiger partial charge in [-0.1, -0.05) is 374 Å². The number of ether oxygens (including phenoxy) is 1. The average molecular weight is 1620 g/mol. The lowest BCUT2D eigenvalue weighted by Gasteiger charge is -2.47. The van der Waals surface area contributed by atoms with Gasteiger partial charge in [0.2, 0.25) is 0 Å². The molecular formula is C120H97B2N3O. The maximum Gasteiger partial charge on any atom is 0.256 e. The molecule has 0 saturated heterocycles. The van der Waals surface area contributed by atoms with Crippen LogP contribution in [0.5, 0.6) is 11.5 Å². The molecule has 0 aromatic heterocycles. The normalized spacial score (nSPS) is 14.6. The van der Waals surface area contributed by atoms with E-state index in [2.05, 4.69) is 468 Å². The van der Waals surface area contributed by atoms with Gasteiger partial charge in [-0.3, -0.25) is 0 Å². The predicted octanol–water partition coefficient (Wildman–Crippen LogP) is 27.1. The molecule has 604 valence electrons. The Kier molecular flexibility index (Phi) is 16.4. The van der Waals surface area contributed by atoms with E-state index in [1.54, 1.807) is 0 Å². The first-order valence-electron chi connectivity index (χ1n) is 45.1. The Hall–Kier alpha value is -13.9. The van der Waals surface area contributed by atoms with E-state index in [-0.39, 0.29) is 35.1 Å². The van der Waals surface area contributed by atoms with Crippen LogP contribution in [0.4, 0.5) is 51.2 Å². The van der Waals surface area contributed by atoms with Crippen molar-refractivity contribution in [2.24, 2.45) is 0 Å². The zero-order valence-corrected chi connectivity index (χ0v) is 73.6. The third kappa shape index (κ3) is 10.9. The highest BCUT2D eigenvalue weighted by atomic mass is 16.5. The van der Waals surface area contributed by atoms with E-state index in [9.17, 15) is 0 Å². The van der Waals surface area contributed by atoms with Gasteiger partial charge in [-0.2, -0.15) is 0 Å². The Morgan fingerprint density at radius 2 is 0.635 bits per heavy atom. The van der Waals surface area contributed by atoms with Crippen molar-refractivity contribution in [1.29, 1.82) is 0 Å². The Bertz CT molecular complexity index is 7320. The highest BCUT2D eigenvalue weighted by Gasteiger charge is 2.55. The summed E-state index contributed by atoms with van der Waals surface area (Å²) in [6, 6.07) is 143. The summed E-state index contributed by atoms with van der Waals surface area (Å²) in [5, 5.41) is 0. The first kappa shape index (κ1) is 75.8. The van der Waals surface area contributed by atoms with Crippen LogP contribution in [0.3, 0.4) is 0 Å². The van der Waals surface area contributed by atoms with E-state index in [1.165, 1.54) is 133 Å². The molecule has 7 aliphatic rings. The van der Waals surface area contributed by atoms with Gasteiger partial charge in [0.15, 0.2) is 0 Å². The predicted molar refractivity (Wildman–Crippen MR) is 531 cm³/mol. The van der Waals surface area contributed by atoms with Crippen LogP contribution in [0.15, 0.2) is 370 Å². The van der Waals surface area contributed by atoms with Crippen LogP contribution in [-0.4, -0.2) is 13.4 Å².